The molecule has 0 bridgehead atoms. The quantitative estimate of drug-likeness (QED) is 0.123. The Kier molecular flexibility index (Phi) is 11.2. The molecule has 7 rings (SSSR count). The second-order valence-corrected chi connectivity index (χ2v) is 14.1. The number of carboxylic acid groups (broad SMARTS) is 1. The molecule has 0 aliphatic carbocycles. The van der Waals surface area contributed by atoms with Crippen LogP contribution in [0, 0.1) is 11.8 Å². The number of hydrogen-bond acceptors (Lipinski definition) is 9. The van der Waals surface area contributed by atoms with Gasteiger partial charge >= 0.3 is 5.97 Å². The van der Waals surface area contributed by atoms with Gasteiger partial charge in [0.1, 0.15) is 13.2 Å². The van der Waals surface area contributed by atoms with Gasteiger partial charge in [0.2, 0.25) is 0 Å². The molecular formula is C44H44N4O8. The lowest BCUT2D eigenvalue weighted by molar-refractivity contribution is -0.137. The van der Waals surface area contributed by atoms with E-state index in [9.17, 15) is 14.4 Å². The molecule has 3 aromatic carbocycles. The minimum Gasteiger partial charge on any atom is -0.493 e. The van der Waals surface area contributed by atoms with Crippen molar-refractivity contribution in [2.75, 3.05) is 27.3 Å². The average Bonchev–Trinajstić information content (AvgIpc) is 3.77. The molecule has 2 saturated heterocycles. The van der Waals surface area contributed by atoms with E-state index >= 15 is 0 Å². The van der Waals surface area contributed by atoms with Crippen molar-refractivity contribution in [3.05, 3.63) is 93.6 Å². The fraction of sp³-hybridized carbons (Fsp3) is 0.341. The van der Waals surface area contributed by atoms with Crippen LogP contribution in [0.5, 0.6) is 23.0 Å². The van der Waals surface area contributed by atoms with Crippen molar-refractivity contribution in [2.24, 2.45) is 9.98 Å². The molecule has 3 aromatic rings. The Labute approximate surface area is 326 Å². The Hall–Kier alpha value is -6.35. The lowest BCUT2D eigenvalue weighted by Gasteiger charge is -2.20. The molecule has 0 unspecified atom stereocenters. The maximum Gasteiger partial charge on any atom is 0.303 e. The number of carbonyl (C=O) groups is 3. The number of rotatable bonds is 11. The zero-order valence-electron chi connectivity index (χ0n) is 32.0. The summed E-state index contributed by atoms with van der Waals surface area (Å²) in [4.78, 5) is 51.2. The molecule has 1 N–H and O–H groups in total. The first-order valence-corrected chi connectivity index (χ1v) is 18.7. The van der Waals surface area contributed by atoms with E-state index in [0.29, 0.717) is 77.0 Å². The summed E-state index contributed by atoms with van der Waals surface area (Å²) in [6.45, 7) is 5.39. The van der Waals surface area contributed by atoms with E-state index in [1.54, 1.807) is 24.3 Å². The topological polar surface area (TPSA) is 140 Å². The van der Waals surface area contributed by atoms with Crippen molar-refractivity contribution in [1.29, 1.82) is 0 Å². The van der Waals surface area contributed by atoms with Crippen LogP contribution in [0.3, 0.4) is 0 Å². The minimum absolute atomic E-state index is 0.0448. The van der Waals surface area contributed by atoms with Gasteiger partial charge in [0.05, 0.1) is 48.8 Å². The van der Waals surface area contributed by atoms with Gasteiger partial charge in [-0.1, -0.05) is 35.1 Å². The standard InChI is InChI=1S/C44H44N4O8/c1-5-27-15-32-21-45-36-19-40(38(53-3)17-34(36)43(51)47(32)23-27)55-25-30-12-29(10-8-7-9-11-42(49)50)13-31(14-30)26-56-41-20-37-35(18-39(41)54-4)44(52)48-24-28(6-2)16-33(48)22-46-37/h5-6,12-14,17-22,32-33H,7,9,11,15-16,23-26H2,1-4H3,(H,49,50)/t32-,33-/m0/s1. The molecule has 0 spiro atoms. The molecule has 4 aliphatic rings. The van der Waals surface area contributed by atoms with Crippen LogP contribution in [0.2, 0.25) is 0 Å². The van der Waals surface area contributed by atoms with Gasteiger partial charge in [-0.15, -0.1) is 0 Å². The van der Waals surface area contributed by atoms with Gasteiger partial charge in [-0.3, -0.25) is 24.4 Å². The highest BCUT2D eigenvalue weighted by molar-refractivity contribution is 6.04. The molecule has 4 heterocycles. The number of aliphatic carboxylic acids is 1. The maximum absolute atomic E-state index is 13.6. The number of allylic oxidation sites excluding steroid dienone is 2. The SMILES string of the molecule is CC=C1C[C@H]2C=Nc3cc(OCc4cc(C#CCCCC(=O)O)cc(COc5cc6c(cc5OC)C(=O)N5CC(=CC)C[C@H]5C=N6)c4)c(OC)cc3C(=O)N2C1. The largest absolute Gasteiger partial charge is 0.493 e. The average molecular weight is 757 g/mol. The summed E-state index contributed by atoms with van der Waals surface area (Å²) in [6.07, 6.45) is 10.2. The maximum atomic E-state index is 13.6. The zero-order chi connectivity index (χ0) is 39.3. The van der Waals surface area contributed by atoms with E-state index in [1.165, 1.54) is 25.4 Å². The van der Waals surface area contributed by atoms with Gasteiger partial charge in [-0.25, -0.2) is 0 Å². The van der Waals surface area contributed by atoms with E-state index in [0.717, 1.165) is 24.0 Å². The van der Waals surface area contributed by atoms with Crippen molar-refractivity contribution < 1.29 is 38.4 Å². The smallest absolute Gasteiger partial charge is 0.303 e. The van der Waals surface area contributed by atoms with Crippen molar-refractivity contribution >= 4 is 41.6 Å². The van der Waals surface area contributed by atoms with Crippen LogP contribution >= 0.6 is 0 Å². The van der Waals surface area contributed by atoms with Gasteiger partial charge in [0.25, 0.3) is 11.8 Å². The third-order valence-corrected chi connectivity index (χ3v) is 10.4. The summed E-state index contributed by atoms with van der Waals surface area (Å²) >= 11 is 0. The first kappa shape index (κ1) is 37.9. The number of fused-ring (bicyclic) bond motifs is 4. The highest BCUT2D eigenvalue weighted by Crippen LogP contribution is 2.41. The number of carboxylic acids is 1. The number of aliphatic imine (C=N–C) groups is 2. The molecule has 56 heavy (non-hydrogen) atoms. The van der Waals surface area contributed by atoms with Gasteiger partial charge in [-0.2, -0.15) is 0 Å². The third kappa shape index (κ3) is 8.03. The molecule has 2 atom stereocenters. The lowest BCUT2D eigenvalue weighted by Crippen LogP contribution is -2.35. The number of carbonyl (C=O) groups excluding carboxylic acids is 2. The number of ether oxygens (including phenoxy) is 4. The van der Waals surface area contributed by atoms with Gasteiger partial charge in [0.15, 0.2) is 23.0 Å². The fourth-order valence-electron chi connectivity index (χ4n) is 7.35. The molecule has 0 radical (unpaired) electrons. The molecule has 0 saturated carbocycles. The molecule has 12 heteroatoms. The number of amides is 2. The molecule has 288 valence electrons. The summed E-state index contributed by atoms with van der Waals surface area (Å²) in [5, 5.41) is 9.03. The summed E-state index contributed by atoms with van der Waals surface area (Å²) in [6, 6.07) is 12.4. The van der Waals surface area contributed by atoms with E-state index in [4.69, 9.17) is 24.1 Å². The second kappa shape index (κ2) is 16.6. The number of unbranched alkanes of at least 4 members (excludes halogenated alkanes) is 1. The monoisotopic (exact) mass is 756 g/mol. The van der Waals surface area contributed by atoms with E-state index in [2.05, 4.69) is 34.0 Å². The van der Waals surface area contributed by atoms with Gasteiger partial charge in [-0.05, 0) is 74.6 Å². The molecule has 2 fully saturated rings. The Bertz CT molecular complexity index is 2130. The van der Waals surface area contributed by atoms with Crippen LogP contribution in [0.4, 0.5) is 11.4 Å². The number of hydrogen-bond donors (Lipinski definition) is 1. The van der Waals surface area contributed by atoms with Crippen molar-refractivity contribution in [3.63, 3.8) is 0 Å². The Morgan fingerprint density at radius 3 is 1.71 bits per heavy atom. The van der Waals surface area contributed by atoms with Crippen molar-refractivity contribution in [1.82, 2.24) is 9.80 Å². The summed E-state index contributed by atoms with van der Waals surface area (Å²) < 4.78 is 24.0. The second-order valence-electron chi connectivity index (χ2n) is 14.1. The number of methoxy groups -OCH3 is 2. The van der Waals surface area contributed by atoms with Gasteiger partial charge < -0.3 is 33.9 Å². The van der Waals surface area contributed by atoms with Crippen molar-refractivity contribution in [2.45, 2.75) is 71.2 Å². The predicted molar refractivity (Wildman–Crippen MR) is 212 cm³/mol. The lowest BCUT2D eigenvalue weighted by atomic mass is 10.1. The van der Waals surface area contributed by atoms with Crippen LogP contribution in [0.1, 0.15) is 83.4 Å². The van der Waals surface area contributed by atoms with Gasteiger partial charge in [0, 0.05) is 56.1 Å². The third-order valence-electron chi connectivity index (χ3n) is 10.4. The first-order chi connectivity index (χ1) is 27.2. The van der Waals surface area contributed by atoms with Crippen molar-refractivity contribution in [3.8, 4) is 34.8 Å². The molecule has 4 aliphatic heterocycles. The Morgan fingerprint density at radius 1 is 0.768 bits per heavy atom. The number of benzene rings is 3. The van der Waals surface area contributed by atoms with E-state index in [-0.39, 0.29) is 43.5 Å². The first-order valence-electron chi connectivity index (χ1n) is 18.7. The summed E-state index contributed by atoms with van der Waals surface area (Å²) in [7, 11) is 3.07. The minimum atomic E-state index is -0.858. The van der Waals surface area contributed by atoms with Crippen LogP contribution < -0.4 is 18.9 Å². The molecule has 2 amide bonds. The fourth-order valence-corrected chi connectivity index (χ4v) is 7.35. The normalized spacial score (nSPS) is 19.4. The Balaban J connectivity index is 1.13. The molecular weight excluding hydrogens is 713 g/mol. The van der Waals surface area contributed by atoms with Crippen LogP contribution in [-0.2, 0) is 18.0 Å². The summed E-state index contributed by atoms with van der Waals surface area (Å²) in [5.41, 5.74) is 6.64. The highest BCUT2D eigenvalue weighted by Gasteiger charge is 2.36. The van der Waals surface area contributed by atoms with Crippen LogP contribution in [0.25, 0.3) is 0 Å². The van der Waals surface area contributed by atoms with E-state index in [1.807, 2.05) is 54.3 Å². The molecule has 0 aromatic heterocycles. The molecule has 12 nitrogen and oxygen atoms in total. The van der Waals surface area contributed by atoms with Crippen LogP contribution in [0.15, 0.2) is 75.7 Å². The van der Waals surface area contributed by atoms with Crippen LogP contribution in [-0.4, -0.2) is 84.5 Å². The number of nitrogens with zero attached hydrogens (tertiary/aromatic N) is 4. The Morgan fingerprint density at radius 2 is 1.27 bits per heavy atom. The highest BCUT2D eigenvalue weighted by atomic mass is 16.5. The summed E-state index contributed by atoms with van der Waals surface area (Å²) in [5.74, 6) is 6.88. The zero-order valence-corrected chi connectivity index (χ0v) is 32.0. The predicted octanol–water partition coefficient (Wildman–Crippen LogP) is 7.22. The van der Waals surface area contributed by atoms with E-state index < -0.39 is 5.97 Å².